The summed E-state index contributed by atoms with van der Waals surface area (Å²) in [5.41, 5.74) is 0.341. The number of aromatic carboxylic acids is 1. The molecule has 3 N–H and O–H groups in total. The Morgan fingerprint density at radius 2 is 1.88 bits per heavy atom. The smallest absolute Gasteiger partial charge is 0.347 e. The first-order chi connectivity index (χ1) is 15.4. The highest BCUT2D eigenvalue weighted by Crippen LogP contribution is 2.32. The third-order valence-electron chi connectivity index (χ3n) is 5.10. The SMILES string of the molecule is O=C(O)c1sc(-c2ccc(N3CCC(C(=O)O)CC3)nc2F)nc1CNc1ncccn1. The number of anilines is 2. The lowest BCUT2D eigenvalue weighted by Gasteiger charge is -2.31. The topological polar surface area (TPSA) is 141 Å². The number of piperidine rings is 1. The lowest BCUT2D eigenvalue weighted by molar-refractivity contribution is -0.142. The molecule has 10 nitrogen and oxygen atoms in total. The van der Waals surface area contributed by atoms with Gasteiger partial charge in [-0.1, -0.05) is 0 Å². The van der Waals surface area contributed by atoms with Crippen molar-refractivity contribution < 1.29 is 24.2 Å². The van der Waals surface area contributed by atoms with Crippen LogP contribution in [0, 0.1) is 11.9 Å². The molecule has 4 heterocycles. The largest absolute Gasteiger partial charge is 0.481 e. The molecular weight excluding hydrogens is 439 g/mol. The molecule has 0 unspecified atom stereocenters. The molecule has 0 bridgehead atoms. The number of aromatic nitrogens is 4. The van der Waals surface area contributed by atoms with Crippen LogP contribution in [0.3, 0.4) is 0 Å². The number of pyridine rings is 1. The Bertz CT molecular complexity index is 1130. The summed E-state index contributed by atoms with van der Waals surface area (Å²) in [7, 11) is 0. The second-order valence-corrected chi connectivity index (χ2v) is 8.13. The zero-order valence-electron chi connectivity index (χ0n) is 16.7. The molecule has 3 aromatic rings. The summed E-state index contributed by atoms with van der Waals surface area (Å²) < 4.78 is 14.8. The Balaban J connectivity index is 1.53. The number of rotatable bonds is 7. The maximum absolute atomic E-state index is 14.8. The number of carboxylic acids is 2. The Morgan fingerprint density at radius 3 is 2.50 bits per heavy atom. The molecule has 4 rings (SSSR count). The zero-order valence-corrected chi connectivity index (χ0v) is 17.5. The third-order valence-corrected chi connectivity index (χ3v) is 6.22. The van der Waals surface area contributed by atoms with Crippen molar-refractivity contribution in [3.63, 3.8) is 0 Å². The third kappa shape index (κ3) is 4.64. The summed E-state index contributed by atoms with van der Waals surface area (Å²) in [6, 6.07) is 4.81. The van der Waals surface area contributed by atoms with Crippen molar-refractivity contribution in [2.75, 3.05) is 23.3 Å². The molecule has 0 amide bonds. The maximum Gasteiger partial charge on any atom is 0.347 e. The van der Waals surface area contributed by atoms with E-state index in [-0.39, 0.29) is 27.7 Å². The fourth-order valence-electron chi connectivity index (χ4n) is 3.42. The van der Waals surface area contributed by atoms with E-state index >= 15 is 0 Å². The van der Waals surface area contributed by atoms with E-state index in [4.69, 9.17) is 5.11 Å². The first-order valence-electron chi connectivity index (χ1n) is 9.81. The van der Waals surface area contributed by atoms with Crippen molar-refractivity contribution >= 4 is 35.0 Å². The molecule has 1 aliphatic heterocycles. The molecule has 12 heteroatoms. The lowest BCUT2D eigenvalue weighted by atomic mass is 9.97. The standard InChI is InChI=1S/C20H19FN6O4S/c21-16-12(2-3-14(26-16)27-8-4-11(5-9-27)18(28)29)17-25-13(15(32-17)19(30)31)10-24-20-22-6-1-7-23-20/h1-3,6-7,11H,4-5,8-10H2,(H,28,29)(H,30,31)(H,22,23,24). The first-order valence-corrected chi connectivity index (χ1v) is 10.6. The fraction of sp³-hybridized carbons (Fsp3) is 0.300. The molecule has 0 saturated carbocycles. The van der Waals surface area contributed by atoms with Crippen molar-refractivity contribution in [3.05, 3.63) is 47.1 Å². The van der Waals surface area contributed by atoms with E-state index < -0.39 is 23.8 Å². The van der Waals surface area contributed by atoms with Gasteiger partial charge in [0.25, 0.3) is 0 Å². The van der Waals surface area contributed by atoms with Gasteiger partial charge in [0, 0.05) is 25.5 Å². The second-order valence-electron chi connectivity index (χ2n) is 7.13. The maximum atomic E-state index is 14.8. The number of nitrogens with one attached hydrogen (secondary N) is 1. The van der Waals surface area contributed by atoms with Crippen LogP contribution in [0.4, 0.5) is 16.2 Å². The fourth-order valence-corrected chi connectivity index (χ4v) is 4.36. The van der Waals surface area contributed by atoms with Crippen molar-refractivity contribution in [3.8, 4) is 10.6 Å². The highest BCUT2D eigenvalue weighted by molar-refractivity contribution is 7.17. The molecule has 3 aromatic heterocycles. The number of aliphatic carboxylic acids is 1. The summed E-state index contributed by atoms with van der Waals surface area (Å²) in [5.74, 6) is -2.41. The normalized spacial score (nSPS) is 14.3. The summed E-state index contributed by atoms with van der Waals surface area (Å²) >= 11 is 0.865. The molecule has 0 radical (unpaired) electrons. The van der Waals surface area contributed by atoms with E-state index in [0.29, 0.717) is 37.7 Å². The van der Waals surface area contributed by atoms with Crippen molar-refractivity contribution in [1.82, 2.24) is 19.9 Å². The minimum Gasteiger partial charge on any atom is -0.481 e. The van der Waals surface area contributed by atoms with E-state index in [1.165, 1.54) is 6.07 Å². The van der Waals surface area contributed by atoms with Crippen LogP contribution in [-0.2, 0) is 11.3 Å². The van der Waals surface area contributed by atoms with Crippen LogP contribution >= 0.6 is 11.3 Å². The number of hydrogen-bond acceptors (Lipinski definition) is 9. The predicted octanol–water partition coefficient (Wildman–Crippen LogP) is 2.75. The number of carbonyl (C=O) groups is 2. The quantitative estimate of drug-likeness (QED) is 0.452. The van der Waals surface area contributed by atoms with Gasteiger partial charge in [0.1, 0.15) is 15.7 Å². The average molecular weight is 458 g/mol. The van der Waals surface area contributed by atoms with Crippen LogP contribution in [0.15, 0.2) is 30.6 Å². The Kier molecular flexibility index (Phi) is 6.21. The molecule has 166 valence electrons. The lowest BCUT2D eigenvalue weighted by Crippen LogP contribution is -2.36. The summed E-state index contributed by atoms with van der Waals surface area (Å²) in [6.07, 6.45) is 4.03. The summed E-state index contributed by atoms with van der Waals surface area (Å²) in [6.45, 7) is 1.01. The Labute approximate surface area is 185 Å². The molecule has 1 aliphatic rings. The number of carboxylic acid groups (broad SMARTS) is 2. The van der Waals surface area contributed by atoms with Gasteiger partial charge < -0.3 is 20.4 Å². The average Bonchev–Trinajstić information content (AvgIpc) is 3.23. The molecule has 1 fully saturated rings. The number of thiazole rings is 1. The minimum absolute atomic E-state index is 0.0114. The van der Waals surface area contributed by atoms with Crippen molar-refractivity contribution in [1.29, 1.82) is 0 Å². The monoisotopic (exact) mass is 458 g/mol. The highest BCUT2D eigenvalue weighted by atomic mass is 32.1. The molecule has 32 heavy (non-hydrogen) atoms. The van der Waals surface area contributed by atoms with Gasteiger partial charge in [-0.15, -0.1) is 11.3 Å². The van der Waals surface area contributed by atoms with Gasteiger partial charge in [0.05, 0.1) is 23.7 Å². The van der Waals surface area contributed by atoms with Crippen LogP contribution in [0.5, 0.6) is 0 Å². The van der Waals surface area contributed by atoms with Crippen LogP contribution in [0.2, 0.25) is 0 Å². The van der Waals surface area contributed by atoms with Gasteiger partial charge in [-0.05, 0) is 31.0 Å². The zero-order chi connectivity index (χ0) is 22.7. The number of nitrogens with zero attached hydrogens (tertiary/aromatic N) is 5. The summed E-state index contributed by atoms with van der Waals surface area (Å²) in [5, 5.41) is 21.7. The molecule has 0 spiro atoms. The first kappa shape index (κ1) is 21.6. The van der Waals surface area contributed by atoms with Gasteiger partial charge in [-0.3, -0.25) is 4.79 Å². The predicted molar refractivity (Wildman–Crippen MR) is 114 cm³/mol. The molecule has 0 atom stereocenters. The molecule has 0 aliphatic carbocycles. The molecular formula is C20H19FN6O4S. The number of hydrogen-bond donors (Lipinski definition) is 3. The van der Waals surface area contributed by atoms with Gasteiger partial charge >= 0.3 is 11.9 Å². The van der Waals surface area contributed by atoms with E-state index in [1.54, 1.807) is 24.5 Å². The van der Waals surface area contributed by atoms with Gasteiger partial charge in [0.15, 0.2) is 0 Å². The van der Waals surface area contributed by atoms with E-state index in [1.807, 2.05) is 4.90 Å². The van der Waals surface area contributed by atoms with E-state index in [0.717, 1.165) is 11.3 Å². The van der Waals surface area contributed by atoms with E-state index in [9.17, 15) is 19.1 Å². The van der Waals surface area contributed by atoms with Crippen LogP contribution < -0.4 is 10.2 Å². The van der Waals surface area contributed by atoms with Crippen LogP contribution in [0.25, 0.3) is 10.6 Å². The van der Waals surface area contributed by atoms with Crippen molar-refractivity contribution in [2.24, 2.45) is 5.92 Å². The minimum atomic E-state index is -1.16. The van der Waals surface area contributed by atoms with Crippen LogP contribution in [0.1, 0.15) is 28.2 Å². The number of halogens is 1. The van der Waals surface area contributed by atoms with Crippen molar-refractivity contribution in [2.45, 2.75) is 19.4 Å². The van der Waals surface area contributed by atoms with Gasteiger partial charge in [0.2, 0.25) is 11.9 Å². The Morgan fingerprint density at radius 1 is 1.16 bits per heavy atom. The summed E-state index contributed by atoms with van der Waals surface area (Å²) in [4.78, 5) is 40.9. The molecule has 0 aromatic carbocycles. The van der Waals surface area contributed by atoms with Gasteiger partial charge in [-0.2, -0.15) is 4.39 Å². The Hall–Kier alpha value is -3.67. The second kappa shape index (κ2) is 9.22. The molecule has 1 saturated heterocycles. The van der Waals surface area contributed by atoms with Crippen LogP contribution in [-0.4, -0.2) is 55.2 Å². The highest BCUT2D eigenvalue weighted by Gasteiger charge is 2.26. The van der Waals surface area contributed by atoms with E-state index in [2.05, 4.69) is 25.3 Å². The van der Waals surface area contributed by atoms with Gasteiger partial charge in [-0.25, -0.2) is 24.7 Å².